The van der Waals surface area contributed by atoms with Gasteiger partial charge in [-0.25, -0.2) is 0 Å². The SMILES string of the molecule is CNC[C@@H]1CCCN(C(=O)[C@@H](C)Oc2ccc(Cl)cc2)C1. The highest BCUT2D eigenvalue weighted by Crippen LogP contribution is 2.20. The molecule has 4 nitrogen and oxygen atoms in total. The van der Waals surface area contributed by atoms with Crippen LogP contribution >= 0.6 is 11.6 Å². The molecule has 0 aromatic heterocycles. The summed E-state index contributed by atoms with van der Waals surface area (Å²) in [6, 6.07) is 7.09. The predicted octanol–water partition coefficient (Wildman–Crippen LogP) is 2.57. The molecule has 1 heterocycles. The zero-order chi connectivity index (χ0) is 15.2. The van der Waals surface area contributed by atoms with Crippen LogP contribution in [0.5, 0.6) is 5.75 Å². The molecule has 5 heteroatoms. The van der Waals surface area contributed by atoms with E-state index in [1.54, 1.807) is 31.2 Å². The van der Waals surface area contributed by atoms with E-state index in [2.05, 4.69) is 5.32 Å². The minimum Gasteiger partial charge on any atom is -0.481 e. The van der Waals surface area contributed by atoms with Gasteiger partial charge in [-0.05, 0) is 63.5 Å². The number of rotatable bonds is 5. The van der Waals surface area contributed by atoms with Crippen molar-refractivity contribution in [1.82, 2.24) is 10.2 Å². The second-order valence-corrected chi connectivity index (χ2v) is 6.00. The van der Waals surface area contributed by atoms with Crippen molar-refractivity contribution < 1.29 is 9.53 Å². The predicted molar refractivity (Wildman–Crippen MR) is 84.8 cm³/mol. The quantitative estimate of drug-likeness (QED) is 0.909. The lowest BCUT2D eigenvalue weighted by atomic mass is 9.97. The van der Waals surface area contributed by atoms with Gasteiger partial charge in [0.15, 0.2) is 6.10 Å². The van der Waals surface area contributed by atoms with Crippen LogP contribution in [0.2, 0.25) is 5.02 Å². The Balaban J connectivity index is 1.90. The number of nitrogens with one attached hydrogen (secondary N) is 1. The van der Waals surface area contributed by atoms with Crippen molar-refractivity contribution in [2.75, 3.05) is 26.7 Å². The van der Waals surface area contributed by atoms with Crippen molar-refractivity contribution in [3.05, 3.63) is 29.3 Å². The maximum absolute atomic E-state index is 12.5. The first-order chi connectivity index (χ1) is 10.1. The largest absolute Gasteiger partial charge is 0.481 e. The lowest BCUT2D eigenvalue weighted by molar-refractivity contribution is -0.139. The topological polar surface area (TPSA) is 41.6 Å². The Labute approximate surface area is 131 Å². The van der Waals surface area contributed by atoms with Crippen LogP contribution in [0.4, 0.5) is 0 Å². The molecule has 1 aromatic rings. The molecule has 0 aliphatic carbocycles. The van der Waals surface area contributed by atoms with E-state index in [9.17, 15) is 4.79 Å². The summed E-state index contributed by atoms with van der Waals surface area (Å²) in [5.41, 5.74) is 0. The maximum atomic E-state index is 12.5. The van der Waals surface area contributed by atoms with E-state index < -0.39 is 6.10 Å². The minimum absolute atomic E-state index is 0.0609. The number of ether oxygens (including phenoxy) is 1. The molecule has 0 bridgehead atoms. The van der Waals surface area contributed by atoms with Crippen LogP contribution in [0.3, 0.4) is 0 Å². The second-order valence-electron chi connectivity index (χ2n) is 5.56. The summed E-state index contributed by atoms with van der Waals surface area (Å²) < 4.78 is 5.71. The summed E-state index contributed by atoms with van der Waals surface area (Å²) in [4.78, 5) is 14.4. The first-order valence-corrected chi connectivity index (χ1v) is 7.83. The fourth-order valence-corrected chi connectivity index (χ4v) is 2.87. The number of nitrogens with zero attached hydrogens (tertiary/aromatic N) is 1. The molecule has 1 aliphatic heterocycles. The molecule has 1 fully saturated rings. The Hall–Kier alpha value is -1.26. The number of halogens is 1. The van der Waals surface area contributed by atoms with Gasteiger partial charge in [-0.3, -0.25) is 4.79 Å². The Kier molecular flexibility index (Phi) is 5.88. The van der Waals surface area contributed by atoms with E-state index in [0.717, 1.165) is 26.1 Å². The summed E-state index contributed by atoms with van der Waals surface area (Å²) in [6.07, 6.45) is 1.77. The van der Waals surface area contributed by atoms with Crippen LogP contribution in [-0.4, -0.2) is 43.6 Å². The van der Waals surface area contributed by atoms with Gasteiger partial charge in [0.1, 0.15) is 5.75 Å². The molecule has 0 radical (unpaired) electrons. The second kappa shape index (κ2) is 7.66. The first kappa shape index (κ1) is 16.1. The van der Waals surface area contributed by atoms with Gasteiger partial charge in [-0.2, -0.15) is 0 Å². The zero-order valence-corrected chi connectivity index (χ0v) is 13.4. The first-order valence-electron chi connectivity index (χ1n) is 7.45. The third-order valence-corrected chi connectivity index (χ3v) is 4.05. The highest BCUT2D eigenvalue weighted by Gasteiger charge is 2.27. The number of piperidine rings is 1. The van der Waals surface area contributed by atoms with Crippen LogP contribution in [-0.2, 0) is 4.79 Å². The molecule has 1 aromatic carbocycles. The van der Waals surface area contributed by atoms with Crippen molar-refractivity contribution in [2.24, 2.45) is 5.92 Å². The fraction of sp³-hybridized carbons (Fsp3) is 0.562. The molecule has 0 unspecified atom stereocenters. The smallest absolute Gasteiger partial charge is 0.263 e. The Morgan fingerprint density at radius 3 is 2.86 bits per heavy atom. The summed E-state index contributed by atoms with van der Waals surface area (Å²) in [5, 5.41) is 3.85. The molecule has 21 heavy (non-hydrogen) atoms. The number of carbonyl (C=O) groups is 1. The van der Waals surface area contributed by atoms with Crippen molar-refractivity contribution in [2.45, 2.75) is 25.9 Å². The third-order valence-electron chi connectivity index (χ3n) is 3.80. The summed E-state index contributed by atoms with van der Waals surface area (Å²) in [5.74, 6) is 1.27. The summed E-state index contributed by atoms with van der Waals surface area (Å²) in [6.45, 7) is 4.40. The number of carbonyl (C=O) groups excluding carboxylic acids is 1. The highest BCUT2D eigenvalue weighted by atomic mass is 35.5. The monoisotopic (exact) mass is 310 g/mol. The molecule has 0 saturated carbocycles. The van der Waals surface area contributed by atoms with E-state index in [-0.39, 0.29) is 5.91 Å². The van der Waals surface area contributed by atoms with Crippen LogP contribution in [0.25, 0.3) is 0 Å². The molecule has 1 aliphatic rings. The molecule has 116 valence electrons. The average molecular weight is 311 g/mol. The number of likely N-dealkylation sites (tertiary alicyclic amines) is 1. The van der Waals surface area contributed by atoms with Crippen molar-refractivity contribution in [1.29, 1.82) is 0 Å². The van der Waals surface area contributed by atoms with Crippen molar-refractivity contribution in [3.63, 3.8) is 0 Å². The van der Waals surface area contributed by atoms with Crippen LogP contribution in [0.15, 0.2) is 24.3 Å². The average Bonchev–Trinajstić information content (AvgIpc) is 2.49. The van der Waals surface area contributed by atoms with Crippen molar-refractivity contribution in [3.8, 4) is 5.75 Å². The van der Waals surface area contributed by atoms with Gasteiger partial charge in [0.2, 0.25) is 0 Å². The lowest BCUT2D eigenvalue weighted by Crippen LogP contribution is -2.47. The normalized spacial score (nSPS) is 20.1. The van der Waals surface area contributed by atoms with Gasteiger partial charge in [0.25, 0.3) is 5.91 Å². The number of amides is 1. The molecular formula is C16H23ClN2O2. The maximum Gasteiger partial charge on any atom is 0.263 e. The van der Waals surface area contributed by atoms with E-state index in [1.165, 1.54) is 6.42 Å². The van der Waals surface area contributed by atoms with Crippen LogP contribution in [0, 0.1) is 5.92 Å². The molecular weight excluding hydrogens is 288 g/mol. The zero-order valence-electron chi connectivity index (χ0n) is 12.6. The molecule has 0 spiro atoms. The molecule has 2 rings (SSSR count). The summed E-state index contributed by atoms with van der Waals surface area (Å²) >= 11 is 5.84. The van der Waals surface area contributed by atoms with E-state index >= 15 is 0 Å². The minimum atomic E-state index is -0.473. The van der Waals surface area contributed by atoms with Crippen molar-refractivity contribution >= 4 is 17.5 Å². The van der Waals surface area contributed by atoms with Gasteiger partial charge in [-0.1, -0.05) is 11.6 Å². The Morgan fingerprint density at radius 2 is 2.19 bits per heavy atom. The standard InChI is InChI=1S/C16H23ClN2O2/c1-12(21-15-7-5-14(17)6-8-15)16(20)19-9-3-4-13(11-19)10-18-2/h5-8,12-13,18H,3-4,9-11H2,1-2H3/t12-,13+/m1/s1. The Morgan fingerprint density at radius 1 is 1.48 bits per heavy atom. The highest BCUT2D eigenvalue weighted by molar-refractivity contribution is 6.30. The van der Waals surface area contributed by atoms with Gasteiger partial charge in [0, 0.05) is 18.1 Å². The lowest BCUT2D eigenvalue weighted by Gasteiger charge is -2.34. The van der Waals surface area contributed by atoms with Gasteiger partial charge >= 0.3 is 0 Å². The summed E-state index contributed by atoms with van der Waals surface area (Å²) in [7, 11) is 1.95. The third kappa shape index (κ3) is 4.61. The van der Waals surface area contributed by atoms with Crippen LogP contribution < -0.4 is 10.1 Å². The number of hydrogen-bond donors (Lipinski definition) is 1. The Bertz CT molecular complexity index is 462. The van der Waals surface area contributed by atoms with Gasteiger partial charge < -0.3 is 15.0 Å². The molecule has 2 atom stereocenters. The van der Waals surface area contributed by atoms with E-state index in [0.29, 0.717) is 16.7 Å². The molecule has 1 N–H and O–H groups in total. The van der Waals surface area contributed by atoms with Gasteiger partial charge in [0.05, 0.1) is 0 Å². The van der Waals surface area contributed by atoms with Gasteiger partial charge in [-0.15, -0.1) is 0 Å². The molecule has 1 amide bonds. The molecule has 1 saturated heterocycles. The number of hydrogen-bond acceptors (Lipinski definition) is 3. The van der Waals surface area contributed by atoms with E-state index in [4.69, 9.17) is 16.3 Å². The fourth-order valence-electron chi connectivity index (χ4n) is 2.75. The van der Waals surface area contributed by atoms with Crippen LogP contribution in [0.1, 0.15) is 19.8 Å². The number of benzene rings is 1. The van der Waals surface area contributed by atoms with E-state index in [1.807, 2.05) is 11.9 Å².